The van der Waals surface area contributed by atoms with Crippen LogP contribution in [0.25, 0.3) is 0 Å². The van der Waals surface area contributed by atoms with E-state index in [0.29, 0.717) is 12.1 Å². The standard InChI is InChI=1S/C13H17FN2O2S/c1-2-16(8-7-11(17)18)12(13(15)19)9-5-3-4-6-10(9)14/h3-6,12H,2,7-8H2,1H3,(H2,15,19)(H,17,18). The van der Waals surface area contributed by atoms with Crippen LogP contribution in [0.1, 0.15) is 24.9 Å². The molecule has 104 valence electrons. The number of likely N-dealkylation sites (N-methyl/N-ethyl adjacent to an activating group) is 1. The number of carbonyl (C=O) groups is 1. The summed E-state index contributed by atoms with van der Waals surface area (Å²) in [6, 6.07) is 5.66. The molecule has 4 nitrogen and oxygen atoms in total. The van der Waals surface area contributed by atoms with Crippen LogP contribution in [0, 0.1) is 5.82 Å². The van der Waals surface area contributed by atoms with Crippen molar-refractivity contribution in [3.63, 3.8) is 0 Å². The van der Waals surface area contributed by atoms with E-state index in [-0.39, 0.29) is 18.0 Å². The molecule has 0 saturated heterocycles. The van der Waals surface area contributed by atoms with Crippen LogP contribution >= 0.6 is 12.2 Å². The second-order valence-corrected chi connectivity index (χ2v) is 4.57. The van der Waals surface area contributed by atoms with Crippen LogP contribution in [0.3, 0.4) is 0 Å². The number of rotatable bonds is 7. The third-order valence-corrected chi connectivity index (χ3v) is 3.08. The molecule has 1 aromatic carbocycles. The molecule has 1 unspecified atom stereocenters. The van der Waals surface area contributed by atoms with Crippen LogP contribution in [0.15, 0.2) is 24.3 Å². The predicted octanol–water partition coefficient (Wildman–Crippen LogP) is 1.95. The molecule has 1 atom stereocenters. The normalized spacial score (nSPS) is 12.4. The lowest BCUT2D eigenvalue weighted by Gasteiger charge is -2.30. The second kappa shape index (κ2) is 7.16. The Bertz CT molecular complexity index is 468. The lowest BCUT2D eigenvalue weighted by Crippen LogP contribution is -2.38. The van der Waals surface area contributed by atoms with Gasteiger partial charge in [-0.05, 0) is 12.6 Å². The highest BCUT2D eigenvalue weighted by Gasteiger charge is 2.24. The van der Waals surface area contributed by atoms with E-state index in [2.05, 4.69) is 0 Å². The molecule has 1 rings (SSSR count). The fourth-order valence-corrected chi connectivity index (χ4v) is 2.21. The number of nitrogens with two attached hydrogens (primary N) is 1. The third kappa shape index (κ3) is 4.25. The molecule has 0 heterocycles. The summed E-state index contributed by atoms with van der Waals surface area (Å²) in [5.74, 6) is -1.30. The van der Waals surface area contributed by atoms with Gasteiger partial charge in [-0.2, -0.15) is 0 Å². The Morgan fingerprint density at radius 3 is 2.63 bits per heavy atom. The highest BCUT2D eigenvalue weighted by Crippen LogP contribution is 2.23. The first-order valence-corrected chi connectivity index (χ1v) is 6.37. The van der Waals surface area contributed by atoms with E-state index in [0.717, 1.165) is 0 Å². The lowest BCUT2D eigenvalue weighted by atomic mass is 10.0. The highest BCUT2D eigenvalue weighted by atomic mass is 32.1. The van der Waals surface area contributed by atoms with Crippen LogP contribution in [0.4, 0.5) is 4.39 Å². The van der Waals surface area contributed by atoms with Gasteiger partial charge in [0.05, 0.1) is 17.5 Å². The topological polar surface area (TPSA) is 66.6 Å². The molecular weight excluding hydrogens is 267 g/mol. The van der Waals surface area contributed by atoms with Crippen molar-refractivity contribution in [2.24, 2.45) is 5.73 Å². The summed E-state index contributed by atoms with van der Waals surface area (Å²) in [5.41, 5.74) is 6.07. The molecule has 0 fully saturated rings. The van der Waals surface area contributed by atoms with E-state index in [4.69, 9.17) is 23.1 Å². The summed E-state index contributed by atoms with van der Waals surface area (Å²) in [7, 11) is 0. The Hall–Kier alpha value is -1.53. The van der Waals surface area contributed by atoms with Gasteiger partial charge in [-0.25, -0.2) is 4.39 Å². The first kappa shape index (κ1) is 15.5. The quantitative estimate of drug-likeness (QED) is 0.749. The lowest BCUT2D eigenvalue weighted by molar-refractivity contribution is -0.137. The number of halogens is 1. The van der Waals surface area contributed by atoms with Crippen molar-refractivity contribution >= 4 is 23.2 Å². The van der Waals surface area contributed by atoms with Crippen LogP contribution < -0.4 is 5.73 Å². The maximum Gasteiger partial charge on any atom is 0.304 e. The van der Waals surface area contributed by atoms with Gasteiger partial charge >= 0.3 is 5.97 Å². The summed E-state index contributed by atoms with van der Waals surface area (Å²) in [6.07, 6.45) is -0.0403. The van der Waals surface area contributed by atoms with Gasteiger partial charge in [-0.15, -0.1) is 0 Å². The molecule has 0 amide bonds. The molecular formula is C13H17FN2O2S. The third-order valence-electron chi connectivity index (χ3n) is 2.85. The number of nitrogens with zero attached hydrogens (tertiary/aromatic N) is 1. The van der Waals surface area contributed by atoms with Gasteiger partial charge in [0.1, 0.15) is 5.82 Å². The number of thiocarbonyl (C=S) groups is 1. The van der Waals surface area contributed by atoms with Crippen molar-refractivity contribution in [1.29, 1.82) is 0 Å². The Morgan fingerprint density at radius 1 is 1.53 bits per heavy atom. The zero-order valence-electron chi connectivity index (χ0n) is 10.7. The van der Waals surface area contributed by atoms with Gasteiger partial charge in [0.25, 0.3) is 0 Å². The minimum Gasteiger partial charge on any atom is -0.481 e. The van der Waals surface area contributed by atoms with Crippen molar-refractivity contribution in [2.75, 3.05) is 13.1 Å². The van der Waals surface area contributed by atoms with Crippen molar-refractivity contribution < 1.29 is 14.3 Å². The van der Waals surface area contributed by atoms with Gasteiger partial charge in [0.15, 0.2) is 0 Å². The molecule has 19 heavy (non-hydrogen) atoms. The van der Waals surface area contributed by atoms with E-state index in [1.807, 2.05) is 6.92 Å². The monoisotopic (exact) mass is 284 g/mol. The van der Waals surface area contributed by atoms with Crippen LogP contribution in [0.2, 0.25) is 0 Å². The average Bonchev–Trinajstić information content (AvgIpc) is 2.35. The second-order valence-electron chi connectivity index (χ2n) is 4.10. The highest BCUT2D eigenvalue weighted by molar-refractivity contribution is 7.80. The van der Waals surface area contributed by atoms with Crippen molar-refractivity contribution in [3.05, 3.63) is 35.6 Å². The summed E-state index contributed by atoms with van der Waals surface area (Å²) >= 11 is 5.00. The van der Waals surface area contributed by atoms with Crippen molar-refractivity contribution in [3.8, 4) is 0 Å². The number of hydrogen-bond acceptors (Lipinski definition) is 3. The number of aliphatic carboxylic acids is 1. The average molecular weight is 284 g/mol. The van der Waals surface area contributed by atoms with Gasteiger partial charge in [0, 0.05) is 12.1 Å². The number of benzene rings is 1. The van der Waals surface area contributed by atoms with Crippen LogP contribution in [0.5, 0.6) is 0 Å². The molecule has 0 radical (unpaired) electrons. The van der Waals surface area contributed by atoms with Crippen LogP contribution in [-0.2, 0) is 4.79 Å². The van der Waals surface area contributed by atoms with E-state index < -0.39 is 17.8 Å². The van der Waals surface area contributed by atoms with E-state index in [1.54, 1.807) is 23.1 Å². The van der Waals surface area contributed by atoms with Crippen molar-refractivity contribution in [2.45, 2.75) is 19.4 Å². The fourth-order valence-electron chi connectivity index (χ4n) is 1.94. The molecule has 0 spiro atoms. The summed E-state index contributed by atoms with van der Waals surface area (Å²) in [4.78, 5) is 12.5. The molecule has 0 aliphatic carbocycles. The van der Waals surface area contributed by atoms with E-state index >= 15 is 0 Å². The smallest absolute Gasteiger partial charge is 0.304 e. The van der Waals surface area contributed by atoms with E-state index in [1.165, 1.54) is 6.07 Å². The minimum absolute atomic E-state index is 0.0403. The molecule has 0 saturated carbocycles. The molecule has 0 bridgehead atoms. The van der Waals surface area contributed by atoms with Crippen molar-refractivity contribution in [1.82, 2.24) is 4.90 Å². The Labute approximate surface area is 117 Å². The summed E-state index contributed by atoms with van der Waals surface area (Å²) < 4.78 is 13.8. The maximum absolute atomic E-state index is 13.8. The minimum atomic E-state index is -0.909. The SMILES string of the molecule is CCN(CCC(=O)O)C(C(N)=S)c1ccccc1F. The molecule has 0 aromatic heterocycles. The first-order chi connectivity index (χ1) is 8.97. The molecule has 0 aliphatic heterocycles. The Morgan fingerprint density at radius 2 is 2.16 bits per heavy atom. The van der Waals surface area contributed by atoms with Gasteiger partial charge in [-0.1, -0.05) is 37.3 Å². The number of carboxylic acids is 1. The van der Waals surface area contributed by atoms with E-state index in [9.17, 15) is 9.18 Å². The summed E-state index contributed by atoms with van der Waals surface area (Å²) in [6.45, 7) is 2.65. The largest absolute Gasteiger partial charge is 0.481 e. The van der Waals surface area contributed by atoms with Gasteiger partial charge in [-0.3, -0.25) is 9.69 Å². The Balaban J connectivity index is 3.02. The van der Waals surface area contributed by atoms with Gasteiger partial charge < -0.3 is 10.8 Å². The first-order valence-electron chi connectivity index (χ1n) is 5.97. The Kier molecular flexibility index (Phi) is 5.85. The zero-order valence-corrected chi connectivity index (χ0v) is 11.5. The maximum atomic E-state index is 13.8. The fraction of sp³-hybridized carbons (Fsp3) is 0.385. The number of hydrogen-bond donors (Lipinski definition) is 2. The van der Waals surface area contributed by atoms with Crippen LogP contribution in [-0.4, -0.2) is 34.1 Å². The number of carboxylic acid groups (broad SMARTS) is 1. The van der Waals surface area contributed by atoms with Gasteiger partial charge in [0.2, 0.25) is 0 Å². The predicted molar refractivity (Wildman–Crippen MR) is 75.4 cm³/mol. The summed E-state index contributed by atoms with van der Waals surface area (Å²) in [5, 5.41) is 8.74. The molecule has 6 heteroatoms. The molecule has 3 N–H and O–H groups in total. The zero-order chi connectivity index (χ0) is 14.4. The molecule has 0 aliphatic rings. The molecule has 1 aromatic rings.